The van der Waals surface area contributed by atoms with Crippen LogP contribution in [0.25, 0.3) is 0 Å². The summed E-state index contributed by atoms with van der Waals surface area (Å²) in [5.41, 5.74) is 13.6. The molecule has 2 aromatic rings. The van der Waals surface area contributed by atoms with Crippen LogP contribution in [0.1, 0.15) is 0 Å². The highest BCUT2D eigenvalue weighted by Gasteiger charge is 2.00. The third-order valence-corrected chi connectivity index (χ3v) is 1.86. The lowest BCUT2D eigenvalue weighted by Crippen LogP contribution is -1.94. The molecule has 72 valence electrons. The minimum atomic E-state index is 0.446. The molecule has 0 saturated carbocycles. The SMILES string of the molecule is Nc1ccc(Nc2c[nH]nc2N)cc1. The Balaban J connectivity index is 2.19. The Hall–Kier alpha value is -2.17. The second-order valence-electron chi connectivity index (χ2n) is 2.93. The maximum atomic E-state index is 5.59. The monoisotopic (exact) mass is 189 g/mol. The maximum absolute atomic E-state index is 5.59. The van der Waals surface area contributed by atoms with Crippen molar-refractivity contribution in [2.45, 2.75) is 0 Å². The lowest BCUT2D eigenvalue weighted by Gasteiger charge is -2.03. The van der Waals surface area contributed by atoms with Gasteiger partial charge in [-0.15, -0.1) is 0 Å². The van der Waals surface area contributed by atoms with Gasteiger partial charge in [-0.3, -0.25) is 5.10 Å². The minimum Gasteiger partial charge on any atom is -0.399 e. The molecule has 14 heavy (non-hydrogen) atoms. The maximum Gasteiger partial charge on any atom is 0.169 e. The Labute approximate surface area is 81.1 Å². The number of rotatable bonds is 2. The summed E-state index contributed by atoms with van der Waals surface area (Å²) in [5.74, 6) is 0.446. The van der Waals surface area contributed by atoms with Crippen LogP contribution >= 0.6 is 0 Å². The Morgan fingerprint density at radius 2 is 1.86 bits per heavy atom. The van der Waals surface area contributed by atoms with E-state index < -0.39 is 0 Å². The number of aromatic nitrogens is 2. The molecule has 0 aliphatic rings. The Morgan fingerprint density at radius 3 is 2.43 bits per heavy atom. The molecule has 2 rings (SSSR count). The Bertz CT molecular complexity index is 417. The molecule has 1 heterocycles. The number of hydrogen-bond donors (Lipinski definition) is 4. The molecule has 0 fully saturated rings. The fourth-order valence-corrected chi connectivity index (χ4v) is 1.12. The van der Waals surface area contributed by atoms with Crippen LogP contribution in [0.15, 0.2) is 30.5 Å². The number of hydrogen-bond acceptors (Lipinski definition) is 4. The molecule has 0 saturated heterocycles. The summed E-state index contributed by atoms with van der Waals surface area (Å²) in [6.45, 7) is 0. The van der Waals surface area contributed by atoms with Gasteiger partial charge in [-0.05, 0) is 24.3 Å². The van der Waals surface area contributed by atoms with Crippen LogP contribution in [-0.4, -0.2) is 10.2 Å². The van der Waals surface area contributed by atoms with E-state index in [0.717, 1.165) is 17.1 Å². The van der Waals surface area contributed by atoms with Crippen LogP contribution < -0.4 is 16.8 Å². The summed E-state index contributed by atoms with van der Waals surface area (Å²) >= 11 is 0. The zero-order valence-corrected chi connectivity index (χ0v) is 7.49. The van der Waals surface area contributed by atoms with Gasteiger partial charge in [-0.1, -0.05) is 0 Å². The van der Waals surface area contributed by atoms with E-state index in [1.165, 1.54) is 0 Å². The van der Waals surface area contributed by atoms with Crippen LogP contribution in [-0.2, 0) is 0 Å². The zero-order chi connectivity index (χ0) is 9.97. The molecule has 0 amide bonds. The lowest BCUT2D eigenvalue weighted by molar-refractivity contribution is 1.10. The molecule has 6 N–H and O–H groups in total. The molecular weight excluding hydrogens is 178 g/mol. The van der Waals surface area contributed by atoms with Crippen LogP contribution in [0, 0.1) is 0 Å². The van der Waals surface area contributed by atoms with Crippen LogP contribution in [0.4, 0.5) is 22.9 Å². The average molecular weight is 189 g/mol. The topological polar surface area (TPSA) is 92.7 Å². The molecule has 0 radical (unpaired) electrons. The average Bonchev–Trinajstić information content (AvgIpc) is 2.56. The van der Waals surface area contributed by atoms with Gasteiger partial charge in [0.25, 0.3) is 0 Å². The van der Waals surface area contributed by atoms with E-state index in [-0.39, 0.29) is 0 Å². The molecular formula is C9H11N5. The van der Waals surface area contributed by atoms with E-state index in [1.54, 1.807) is 6.20 Å². The van der Waals surface area contributed by atoms with Crippen LogP contribution in [0.5, 0.6) is 0 Å². The number of anilines is 4. The second kappa shape index (κ2) is 3.29. The number of benzene rings is 1. The lowest BCUT2D eigenvalue weighted by atomic mass is 10.3. The van der Waals surface area contributed by atoms with Crippen LogP contribution in [0.2, 0.25) is 0 Å². The fraction of sp³-hybridized carbons (Fsp3) is 0. The summed E-state index contributed by atoms with van der Waals surface area (Å²) in [7, 11) is 0. The molecule has 0 aliphatic heterocycles. The van der Waals surface area contributed by atoms with E-state index in [1.807, 2.05) is 24.3 Å². The van der Waals surface area contributed by atoms with Gasteiger partial charge < -0.3 is 16.8 Å². The van der Waals surface area contributed by atoms with Crippen molar-refractivity contribution in [2.75, 3.05) is 16.8 Å². The van der Waals surface area contributed by atoms with E-state index >= 15 is 0 Å². The van der Waals surface area contributed by atoms with Gasteiger partial charge in [0.1, 0.15) is 5.69 Å². The summed E-state index contributed by atoms with van der Waals surface area (Å²) < 4.78 is 0. The normalized spacial score (nSPS) is 10.0. The van der Waals surface area contributed by atoms with Gasteiger partial charge in [0.15, 0.2) is 5.82 Å². The van der Waals surface area contributed by atoms with Crippen molar-refractivity contribution >= 4 is 22.9 Å². The number of nitrogens with two attached hydrogens (primary N) is 2. The summed E-state index contributed by atoms with van der Waals surface area (Å²) in [5, 5.41) is 9.57. The van der Waals surface area contributed by atoms with Gasteiger partial charge in [0.2, 0.25) is 0 Å². The number of aromatic amines is 1. The number of nitrogens with one attached hydrogen (secondary N) is 2. The highest BCUT2D eigenvalue weighted by atomic mass is 15.2. The number of nitrogens with zero attached hydrogens (tertiary/aromatic N) is 1. The number of H-pyrrole nitrogens is 1. The third-order valence-electron chi connectivity index (χ3n) is 1.86. The van der Waals surface area contributed by atoms with Gasteiger partial charge >= 0.3 is 0 Å². The number of nitrogen functional groups attached to an aromatic ring is 2. The third kappa shape index (κ3) is 1.61. The fourth-order valence-electron chi connectivity index (χ4n) is 1.12. The predicted molar refractivity (Wildman–Crippen MR) is 57.1 cm³/mol. The van der Waals surface area contributed by atoms with Crippen molar-refractivity contribution < 1.29 is 0 Å². The Kier molecular flexibility index (Phi) is 1.98. The van der Waals surface area contributed by atoms with Crippen molar-refractivity contribution in [2.24, 2.45) is 0 Å². The smallest absolute Gasteiger partial charge is 0.169 e. The van der Waals surface area contributed by atoms with Gasteiger partial charge in [0.05, 0.1) is 0 Å². The van der Waals surface area contributed by atoms with Crippen molar-refractivity contribution in [3.63, 3.8) is 0 Å². The van der Waals surface area contributed by atoms with Crippen molar-refractivity contribution in [3.05, 3.63) is 30.5 Å². The largest absolute Gasteiger partial charge is 0.399 e. The van der Waals surface area contributed by atoms with Gasteiger partial charge in [-0.25, -0.2) is 0 Å². The Morgan fingerprint density at radius 1 is 1.14 bits per heavy atom. The molecule has 5 nitrogen and oxygen atoms in total. The highest BCUT2D eigenvalue weighted by Crippen LogP contribution is 2.20. The predicted octanol–water partition coefficient (Wildman–Crippen LogP) is 1.32. The molecule has 0 spiro atoms. The van der Waals surface area contributed by atoms with E-state index in [9.17, 15) is 0 Å². The first-order chi connectivity index (χ1) is 6.75. The minimum absolute atomic E-state index is 0.446. The highest BCUT2D eigenvalue weighted by molar-refractivity contribution is 5.69. The van der Waals surface area contributed by atoms with Crippen molar-refractivity contribution in [1.82, 2.24) is 10.2 Å². The molecule has 0 atom stereocenters. The molecule has 0 aliphatic carbocycles. The summed E-state index contributed by atoms with van der Waals surface area (Å²) in [6.07, 6.45) is 1.70. The summed E-state index contributed by atoms with van der Waals surface area (Å²) in [6, 6.07) is 7.39. The van der Waals surface area contributed by atoms with Crippen molar-refractivity contribution in [3.8, 4) is 0 Å². The van der Waals surface area contributed by atoms with E-state index in [0.29, 0.717) is 5.82 Å². The molecule has 5 heteroatoms. The van der Waals surface area contributed by atoms with Gasteiger partial charge in [-0.2, -0.15) is 5.10 Å². The first-order valence-corrected chi connectivity index (χ1v) is 4.17. The van der Waals surface area contributed by atoms with Crippen LogP contribution in [0.3, 0.4) is 0 Å². The first-order valence-electron chi connectivity index (χ1n) is 4.17. The van der Waals surface area contributed by atoms with Crippen molar-refractivity contribution in [1.29, 1.82) is 0 Å². The summed E-state index contributed by atoms with van der Waals surface area (Å²) in [4.78, 5) is 0. The quantitative estimate of drug-likeness (QED) is 0.536. The van der Waals surface area contributed by atoms with E-state index in [2.05, 4.69) is 15.5 Å². The van der Waals surface area contributed by atoms with Gasteiger partial charge in [0, 0.05) is 17.6 Å². The second-order valence-corrected chi connectivity index (χ2v) is 2.93. The zero-order valence-electron chi connectivity index (χ0n) is 7.49. The van der Waals surface area contributed by atoms with E-state index in [4.69, 9.17) is 11.5 Å². The first kappa shape index (κ1) is 8.43. The standard InChI is InChI=1S/C9H11N5/c10-6-1-3-7(4-2-6)13-8-5-12-14-9(8)11/h1-5,13H,10H2,(H3,11,12,14). The molecule has 0 bridgehead atoms. The molecule has 0 unspecified atom stereocenters. The molecule has 1 aromatic carbocycles. The molecule has 1 aromatic heterocycles.